The largest absolute Gasteiger partial charge is 0.475 e. The van der Waals surface area contributed by atoms with E-state index in [-0.39, 0.29) is 16.3 Å². The van der Waals surface area contributed by atoms with E-state index in [4.69, 9.17) is 27.9 Å². The summed E-state index contributed by atoms with van der Waals surface area (Å²) in [6.07, 6.45) is 6.49. The molecular formula is C11H13Cl2N3O. The topological polar surface area (TPSA) is 47.9 Å². The lowest BCUT2D eigenvalue weighted by Gasteiger charge is -2.24. The molecule has 2 unspecified atom stereocenters. The third kappa shape index (κ3) is 3.30. The van der Waals surface area contributed by atoms with Gasteiger partial charge in [-0.2, -0.15) is 4.98 Å². The Hall–Kier alpha value is -0.870. The van der Waals surface area contributed by atoms with Gasteiger partial charge >= 0.3 is 0 Å². The molecule has 0 aliphatic heterocycles. The van der Waals surface area contributed by atoms with Crippen LogP contribution in [0.4, 0.5) is 0 Å². The van der Waals surface area contributed by atoms with Gasteiger partial charge in [-0.15, -0.1) is 10.2 Å². The maximum atomic E-state index is 5.82. The van der Waals surface area contributed by atoms with E-state index in [0.29, 0.717) is 18.4 Å². The summed E-state index contributed by atoms with van der Waals surface area (Å²) in [6.45, 7) is 2.78. The first-order valence-corrected chi connectivity index (χ1v) is 6.26. The molecule has 0 fully saturated rings. The number of ether oxygens (including phenoxy) is 1. The molecule has 1 heterocycles. The van der Waals surface area contributed by atoms with Crippen molar-refractivity contribution in [2.45, 2.75) is 19.8 Å². The second-order valence-electron chi connectivity index (χ2n) is 4.17. The van der Waals surface area contributed by atoms with Crippen molar-refractivity contribution in [2.75, 3.05) is 6.61 Å². The summed E-state index contributed by atoms with van der Waals surface area (Å²) in [5.41, 5.74) is 0. The van der Waals surface area contributed by atoms with Crippen LogP contribution in [0.1, 0.15) is 19.8 Å². The van der Waals surface area contributed by atoms with Gasteiger partial charge in [-0.25, -0.2) is 0 Å². The van der Waals surface area contributed by atoms with Crippen molar-refractivity contribution in [1.82, 2.24) is 15.2 Å². The molecule has 2 atom stereocenters. The normalized spacial score (nSPS) is 23.7. The predicted molar refractivity (Wildman–Crippen MR) is 66.4 cm³/mol. The van der Waals surface area contributed by atoms with Gasteiger partial charge in [0.25, 0.3) is 5.88 Å². The standard InChI is InChI=1S/C11H13Cl2N3O/c1-7-4-2-3-5-8(7)6-17-10-9(12)15-16-11(13)14-10/h2-3,7-8H,4-6H2,1H3. The van der Waals surface area contributed by atoms with E-state index >= 15 is 0 Å². The van der Waals surface area contributed by atoms with E-state index in [1.54, 1.807) is 0 Å². The second kappa shape index (κ2) is 5.65. The average Bonchev–Trinajstić information content (AvgIpc) is 2.32. The lowest BCUT2D eigenvalue weighted by molar-refractivity contribution is 0.192. The summed E-state index contributed by atoms with van der Waals surface area (Å²) >= 11 is 11.4. The highest BCUT2D eigenvalue weighted by Gasteiger charge is 2.20. The SMILES string of the molecule is CC1CC=CCC1COc1nc(Cl)nnc1Cl. The van der Waals surface area contributed by atoms with Crippen LogP contribution in [0, 0.1) is 11.8 Å². The molecule has 2 rings (SSSR count). The number of hydrogen-bond acceptors (Lipinski definition) is 4. The Bertz CT molecular complexity index is 425. The van der Waals surface area contributed by atoms with Crippen LogP contribution in [0.5, 0.6) is 5.88 Å². The van der Waals surface area contributed by atoms with Crippen LogP contribution in [0.15, 0.2) is 12.2 Å². The van der Waals surface area contributed by atoms with Crippen molar-refractivity contribution < 1.29 is 4.74 Å². The molecule has 17 heavy (non-hydrogen) atoms. The molecule has 4 nitrogen and oxygen atoms in total. The first-order chi connectivity index (χ1) is 8.16. The van der Waals surface area contributed by atoms with Gasteiger partial charge in [0.1, 0.15) is 0 Å². The number of allylic oxidation sites excluding steroid dienone is 2. The van der Waals surface area contributed by atoms with E-state index in [2.05, 4.69) is 34.3 Å². The summed E-state index contributed by atoms with van der Waals surface area (Å²) in [4.78, 5) is 3.90. The van der Waals surface area contributed by atoms with Gasteiger partial charge in [0.05, 0.1) is 6.61 Å². The molecule has 6 heteroatoms. The molecule has 1 aliphatic rings. The molecule has 0 bridgehead atoms. The maximum absolute atomic E-state index is 5.82. The first-order valence-electron chi connectivity index (χ1n) is 5.50. The monoisotopic (exact) mass is 273 g/mol. The lowest BCUT2D eigenvalue weighted by atomic mass is 9.85. The predicted octanol–water partition coefficient (Wildman–Crippen LogP) is 3.16. The number of nitrogens with zero attached hydrogens (tertiary/aromatic N) is 3. The molecule has 0 spiro atoms. The molecule has 0 radical (unpaired) electrons. The molecule has 0 saturated heterocycles. The quantitative estimate of drug-likeness (QED) is 0.794. The number of rotatable bonds is 3. The zero-order valence-electron chi connectivity index (χ0n) is 9.44. The Morgan fingerprint density at radius 2 is 2.06 bits per heavy atom. The fourth-order valence-electron chi connectivity index (χ4n) is 1.80. The van der Waals surface area contributed by atoms with Gasteiger partial charge in [0, 0.05) is 0 Å². The van der Waals surface area contributed by atoms with Gasteiger partial charge in [-0.3, -0.25) is 0 Å². The molecule has 1 aromatic rings. The summed E-state index contributed by atoms with van der Waals surface area (Å²) in [5.74, 6) is 1.34. The molecule has 1 aliphatic carbocycles. The van der Waals surface area contributed by atoms with Crippen LogP contribution in [0.3, 0.4) is 0 Å². The Labute approximate surface area is 110 Å². The summed E-state index contributed by atoms with van der Waals surface area (Å²) in [7, 11) is 0. The first kappa shape index (κ1) is 12.6. The van der Waals surface area contributed by atoms with E-state index in [0.717, 1.165) is 12.8 Å². The Morgan fingerprint density at radius 1 is 1.29 bits per heavy atom. The van der Waals surface area contributed by atoms with Gasteiger partial charge < -0.3 is 4.74 Å². The zero-order chi connectivity index (χ0) is 12.3. The van der Waals surface area contributed by atoms with Crippen LogP contribution < -0.4 is 4.74 Å². The van der Waals surface area contributed by atoms with Crippen molar-refractivity contribution >= 4 is 23.2 Å². The highest BCUT2D eigenvalue weighted by Crippen LogP contribution is 2.27. The van der Waals surface area contributed by atoms with Crippen LogP contribution in [0.25, 0.3) is 0 Å². The second-order valence-corrected chi connectivity index (χ2v) is 4.86. The minimum atomic E-state index is 0.0426. The highest BCUT2D eigenvalue weighted by atomic mass is 35.5. The Kier molecular flexibility index (Phi) is 4.18. The molecule has 0 amide bonds. The highest BCUT2D eigenvalue weighted by molar-refractivity contribution is 6.31. The minimum absolute atomic E-state index is 0.0426. The fraction of sp³-hybridized carbons (Fsp3) is 0.545. The lowest BCUT2D eigenvalue weighted by Crippen LogP contribution is -2.21. The minimum Gasteiger partial charge on any atom is -0.475 e. The maximum Gasteiger partial charge on any atom is 0.256 e. The molecular weight excluding hydrogens is 261 g/mol. The van der Waals surface area contributed by atoms with E-state index in [1.807, 2.05) is 0 Å². The smallest absolute Gasteiger partial charge is 0.256 e. The van der Waals surface area contributed by atoms with Gasteiger partial charge in [0.15, 0.2) is 0 Å². The van der Waals surface area contributed by atoms with Crippen LogP contribution >= 0.6 is 23.2 Å². The molecule has 1 aromatic heterocycles. The van der Waals surface area contributed by atoms with Gasteiger partial charge in [0.2, 0.25) is 10.4 Å². The molecule has 0 N–H and O–H groups in total. The third-order valence-corrected chi connectivity index (χ3v) is 3.34. The van der Waals surface area contributed by atoms with Crippen molar-refractivity contribution in [3.05, 3.63) is 22.6 Å². The summed E-state index contributed by atoms with van der Waals surface area (Å²) in [6, 6.07) is 0. The van der Waals surface area contributed by atoms with Crippen LogP contribution in [-0.2, 0) is 0 Å². The third-order valence-electron chi connectivity index (χ3n) is 2.94. The summed E-state index contributed by atoms with van der Waals surface area (Å²) in [5, 5.41) is 7.36. The number of hydrogen-bond donors (Lipinski definition) is 0. The van der Waals surface area contributed by atoms with Gasteiger partial charge in [-0.1, -0.05) is 30.7 Å². The fourth-order valence-corrected chi connectivity index (χ4v) is 2.05. The number of halogens is 2. The Morgan fingerprint density at radius 3 is 2.82 bits per heavy atom. The van der Waals surface area contributed by atoms with E-state index in [9.17, 15) is 0 Å². The zero-order valence-corrected chi connectivity index (χ0v) is 10.9. The average molecular weight is 274 g/mol. The van der Waals surface area contributed by atoms with Crippen LogP contribution in [-0.4, -0.2) is 21.8 Å². The van der Waals surface area contributed by atoms with Gasteiger partial charge in [-0.05, 0) is 36.3 Å². The number of aromatic nitrogens is 3. The van der Waals surface area contributed by atoms with Crippen molar-refractivity contribution in [2.24, 2.45) is 11.8 Å². The van der Waals surface area contributed by atoms with Crippen molar-refractivity contribution in [3.63, 3.8) is 0 Å². The van der Waals surface area contributed by atoms with Crippen LogP contribution in [0.2, 0.25) is 10.4 Å². The molecule has 0 saturated carbocycles. The van der Waals surface area contributed by atoms with E-state index < -0.39 is 0 Å². The Balaban J connectivity index is 1.97. The van der Waals surface area contributed by atoms with E-state index in [1.165, 1.54) is 0 Å². The van der Waals surface area contributed by atoms with Crippen molar-refractivity contribution in [3.8, 4) is 5.88 Å². The van der Waals surface area contributed by atoms with Crippen molar-refractivity contribution in [1.29, 1.82) is 0 Å². The molecule has 0 aromatic carbocycles. The molecule has 92 valence electrons. The summed E-state index contributed by atoms with van der Waals surface area (Å²) < 4.78 is 5.56.